The van der Waals surface area contributed by atoms with Crippen LogP contribution in [0.2, 0.25) is 0 Å². The van der Waals surface area contributed by atoms with Crippen molar-refractivity contribution in [2.24, 2.45) is 5.92 Å². The normalized spacial score (nSPS) is 24.4. The molecule has 1 N–H and O–H groups in total. The zero-order valence-corrected chi connectivity index (χ0v) is 13.1. The third-order valence-corrected chi connectivity index (χ3v) is 6.87. The molecule has 1 aliphatic heterocycles. The summed E-state index contributed by atoms with van der Waals surface area (Å²) in [4.78, 5) is 0. The van der Waals surface area contributed by atoms with Crippen molar-refractivity contribution in [1.82, 2.24) is 9.62 Å². The molecule has 1 saturated carbocycles. The summed E-state index contributed by atoms with van der Waals surface area (Å²) in [5, 5.41) is 3.37. The van der Waals surface area contributed by atoms with Crippen LogP contribution in [0, 0.1) is 5.92 Å². The maximum atomic E-state index is 12.5. The molecule has 0 aromatic heterocycles. The van der Waals surface area contributed by atoms with Crippen molar-refractivity contribution in [2.75, 3.05) is 19.6 Å². The lowest BCUT2D eigenvalue weighted by Crippen LogP contribution is -2.44. The number of nitrogens with one attached hydrogen (secondary N) is 1. The quantitative estimate of drug-likeness (QED) is 0.841. The summed E-state index contributed by atoms with van der Waals surface area (Å²) in [5.41, 5.74) is 0. The molecule has 0 aromatic carbocycles. The fourth-order valence-corrected chi connectivity index (χ4v) is 5.24. The van der Waals surface area contributed by atoms with Crippen molar-refractivity contribution in [3.05, 3.63) is 0 Å². The molecule has 2 aliphatic rings. The monoisotopic (exact) mass is 288 g/mol. The Bertz CT molecular complexity index is 367. The summed E-state index contributed by atoms with van der Waals surface area (Å²) in [7, 11) is -3.00. The number of nitrogens with zero attached hydrogens (tertiary/aromatic N) is 1. The topological polar surface area (TPSA) is 49.4 Å². The van der Waals surface area contributed by atoms with Gasteiger partial charge in [-0.05, 0) is 38.1 Å². The van der Waals surface area contributed by atoms with E-state index in [-0.39, 0.29) is 5.25 Å². The maximum Gasteiger partial charge on any atom is 0.216 e. The Morgan fingerprint density at radius 2 is 1.68 bits per heavy atom. The van der Waals surface area contributed by atoms with Gasteiger partial charge >= 0.3 is 0 Å². The molecule has 2 fully saturated rings. The van der Waals surface area contributed by atoms with Crippen LogP contribution >= 0.6 is 0 Å². The number of hydrogen-bond donors (Lipinski definition) is 1. The van der Waals surface area contributed by atoms with Crippen molar-refractivity contribution in [1.29, 1.82) is 0 Å². The van der Waals surface area contributed by atoms with Gasteiger partial charge in [0, 0.05) is 19.1 Å². The van der Waals surface area contributed by atoms with Crippen molar-refractivity contribution >= 4 is 10.0 Å². The van der Waals surface area contributed by atoms with E-state index in [1.54, 1.807) is 4.31 Å². The Kier molecular flexibility index (Phi) is 5.26. The van der Waals surface area contributed by atoms with Gasteiger partial charge in [-0.3, -0.25) is 0 Å². The second-order valence-electron chi connectivity index (χ2n) is 6.36. The first-order valence-electron chi connectivity index (χ1n) is 7.72. The summed E-state index contributed by atoms with van der Waals surface area (Å²) in [6, 6.07) is 0.514. The van der Waals surface area contributed by atoms with Crippen LogP contribution in [0.4, 0.5) is 0 Å². The Morgan fingerprint density at radius 3 is 2.21 bits per heavy atom. The molecule has 0 unspecified atom stereocenters. The van der Waals surface area contributed by atoms with Gasteiger partial charge in [-0.1, -0.05) is 26.7 Å². The largest absolute Gasteiger partial charge is 0.314 e. The fraction of sp³-hybridized carbons (Fsp3) is 1.00. The van der Waals surface area contributed by atoms with Gasteiger partial charge in [-0.2, -0.15) is 0 Å². The summed E-state index contributed by atoms with van der Waals surface area (Å²) < 4.78 is 26.7. The number of sulfonamides is 1. The van der Waals surface area contributed by atoms with Crippen LogP contribution < -0.4 is 5.32 Å². The van der Waals surface area contributed by atoms with Gasteiger partial charge in [0.25, 0.3) is 0 Å². The summed E-state index contributed by atoms with van der Waals surface area (Å²) in [6.45, 7) is 6.78. The van der Waals surface area contributed by atoms with Crippen LogP contribution in [0.15, 0.2) is 0 Å². The first-order chi connectivity index (χ1) is 9.00. The minimum atomic E-state index is -3.00. The van der Waals surface area contributed by atoms with Crippen molar-refractivity contribution in [2.45, 2.75) is 63.7 Å². The molecule has 0 spiro atoms. The highest BCUT2D eigenvalue weighted by molar-refractivity contribution is 7.89. The SMILES string of the molecule is CC(C)NCC1CCN(S(=O)(=O)C2CCCC2)CC1. The average Bonchev–Trinajstić information content (AvgIpc) is 2.91. The molecular weight excluding hydrogens is 260 g/mol. The smallest absolute Gasteiger partial charge is 0.216 e. The molecule has 19 heavy (non-hydrogen) atoms. The van der Waals surface area contributed by atoms with Crippen LogP contribution in [0.5, 0.6) is 0 Å². The van der Waals surface area contributed by atoms with E-state index < -0.39 is 10.0 Å². The molecule has 2 rings (SSSR count). The zero-order chi connectivity index (χ0) is 13.9. The van der Waals surface area contributed by atoms with Gasteiger partial charge < -0.3 is 5.32 Å². The first-order valence-corrected chi connectivity index (χ1v) is 9.23. The minimum absolute atomic E-state index is 0.0853. The Morgan fingerprint density at radius 1 is 1.11 bits per heavy atom. The van der Waals surface area contributed by atoms with E-state index >= 15 is 0 Å². The lowest BCUT2D eigenvalue weighted by atomic mass is 9.98. The highest BCUT2D eigenvalue weighted by Gasteiger charge is 2.35. The van der Waals surface area contributed by atoms with E-state index in [0.717, 1.165) is 58.2 Å². The number of rotatable bonds is 5. The fourth-order valence-electron chi connectivity index (χ4n) is 3.17. The van der Waals surface area contributed by atoms with E-state index in [1.807, 2.05) is 0 Å². The molecule has 5 heteroatoms. The first kappa shape index (κ1) is 15.3. The van der Waals surface area contributed by atoms with Crippen LogP contribution in [0.1, 0.15) is 52.4 Å². The van der Waals surface area contributed by atoms with E-state index in [9.17, 15) is 8.42 Å². The maximum absolute atomic E-state index is 12.5. The zero-order valence-electron chi connectivity index (χ0n) is 12.3. The highest BCUT2D eigenvalue weighted by Crippen LogP contribution is 2.29. The molecule has 1 saturated heterocycles. The molecular formula is C14H28N2O2S. The summed E-state index contributed by atoms with van der Waals surface area (Å²) >= 11 is 0. The van der Waals surface area contributed by atoms with E-state index in [0.29, 0.717) is 12.0 Å². The Hall–Kier alpha value is -0.130. The van der Waals surface area contributed by atoms with Gasteiger partial charge in [0.05, 0.1) is 5.25 Å². The van der Waals surface area contributed by atoms with Crippen LogP contribution in [0.3, 0.4) is 0 Å². The van der Waals surface area contributed by atoms with Crippen LogP contribution in [-0.2, 0) is 10.0 Å². The molecule has 112 valence electrons. The van der Waals surface area contributed by atoms with E-state index in [2.05, 4.69) is 19.2 Å². The second-order valence-corrected chi connectivity index (χ2v) is 8.57. The van der Waals surface area contributed by atoms with Gasteiger partial charge in [0.2, 0.25) is 10.0 Å². The Labute approximate surface area is 118 Å². The summed E-state index contributed by atoms with van der Waals surface area (Å²) in [6.07, 6.45) is 5.92. The van der Waals surface area contributed by atoms with Crippen molar-refractivity contribution in [3.63, 3.8) is 0 Å². The third-order valence-electron chi connectivity index (χ3n) is 4.47. The van der Waals surface area contributed by atoms with Gasteiger partial charge in [0.15, 0.2) is 0 Å². The lowest BCUT2D eigenvalue weighted by Gasteiger charge is -2.33. The van der Waals surface area contributed by atoms with Crippen LogP contribution in [0.25, 0.3) is 0 Å². The molecule has 1 aliphatic carbocycles. The molecule has 1 heterocycles. The lowest BCUT2D eigenvalue weighted by molar-refractivity contribution is 0.262. The molecule has 0 aromatic rings. The highest BCUT2D eigenvalue weighted by atomic mass is 32.2. The number of piperidine rings is 1. The van der Waals surface area contributed by atoms with Crippen LogP contribution in [-0.4, -0.2) is 43.6 Å². The molecule has 0 radical (unpaired) electrons. The van der Waals surface area contributed by atoms with Gasteiger partial charge in [-0.25, -0.2) is 12.7 Å². The molecule has 0 amide bonds. The predicted molar refractivity (Wildman–Crippen MR) is 78.6 cm³/mol. The molecule has 0 atom stereocenters. The van der Waals surface area contributed by atoms with Crippen molar-refractivity contribution in [3.8, 4) is 0 Å². The molecule has 0 bridgehead atoms. The predicted octanol–water partition coefficient (Wildman–Crippen LogP) is 1.97. The van der Waals surface area contributed by atoms with Gasteiger partial charge in [0.1, 0.15) is 0 Å². The average molecular weight is 288 g/mol. The third kappa shape index (κ3) is 3.92. The van der Waals surface area contributed by atoms with Gasteiger partial charge in [-0.15, -0.1) is 0 Å². The standard InChI is InChI=1S/C14H28N2O2S/c1-12(2)15-11-13-7-9-16(10-8-13)19(17,18)14-5-3-4-6-14/h12-15H,3-11H2,1-2H3. The number of hydrogen-bond acceptors (Lipinski definition) is 3. The van der Waals surface area contributed by atoms with E-state index in [1.165, 1.54) is 0 Å². The second kappa shape index (κ2) is 6.55. The van der Waals surface area contributed by atoms with Crippen molar-refractivity contribution < 1.29 is 8.42 Å². The molecule has 4 nitrogen and oxygen atoms in total. The Balaban J connectivity index is 1.82. The summed E-state index contributed by atoms with van der Waals surface area (Å²) in [5.74, 6) is 0.637. The van der Waals surface area contributed by atoms with E-state index in [4.69, 9.17) is 0 Å². The minimum Gasteiger partial charge on any atom is -0.314 e.